The van der Waals surface area contributed by atoms with Crippen LogP contribution in [-0.2, 0) is 0 Å². The Kier molecular flexibility index (Phi) is 2.26. The fourth-order valence-corrected chi connectivity index (χ4v) is 1.53. The first-order chi connectivity index (χ1) is 6.18. The second-order valence-electron chi connectivity index (χ2n) is 3.66. The molecular weight excluding hydrogens is 186 g/mol. The number of aryl methyl sites for hydroxylation is 1. The van der Waals surface area contributed by atoms with Gasteiger partial charge in [0.25, 0.3) is 0 Å². The Bertz CT molecular complexity index is 323. The molecule has 0 saturated heterocycles. The van der Waals surface area contributed by atoms with Crippen LogP contribution >= 0.6 is 11.6 Å². The summed E-state index contributed by atoms with van der Waals surface area (Å²) >= 11 is 5.79. The maximum atomic E-state index is 9.79. The van der Waals surface area contributed by atoms with Gasteiger partial charge in [-0.2, -0.15) is 0 Å². The third kappa shape index (κ3) is 1.84. The molecule has 1 fully saturated rings. The Morgan fingerprint density at radius 3 is 2.85 bits per heavy atom. The summed E-state index contributed by atoms with van der Waals surface area (Å²) in [6, 6.07) is 1.92. The van der Waals surface area contributed by atoms with Gasteiger partial charge in [-0.1, -0.05) is 11.6 Å². The van der Waals surface area contributed by atoms with Crippen LogP contribution in [-0.4, -0.2) is 10.1 Å². The Morgan fingerprint density at radius 1 is 1.62 bits per heavy atom. The highest BCUT2D eigenvalue weighted by atomic mass is 35.5. The molecule has 1 aromatic heterocycles. The summed E-state index contributed by atoms with van der Waals surface area (Å²) in [4.78, 5) is 4.02. The summed E-state index contributed by atoms with van der Waals surface area (Å²) in [5.74, 6) is 0.447. The van der Waals surface area contributed by atoms with Crippen molar-refractivity contribution in [1.82, 2.24) is 4.98 Å². The number of hydrogen-bond acceptors (Lipinski definition) is 2. The number of aromatic nitrogens is 1. The third-order valence-corrected chi connectivity index (χ3v) is 2.84. The standard InChI is InChI=1S/C10H12ClNO/c1-6-4-8(5-12-10(6)11)9(13)7-2-3-7/h4-5,7,9,13H,2-3H2,1H3. The highest BCUT2D eigenvalue weighted by Gasteiger charge is 2.30. The molecular formula is C10H12ClNO. The second-order valence-corrected chi connectivity index (χ2v) is 4.02. The quantitative estimate of drug-likeness (QED) is 0.739. The highest BCUT2D eigenvalue weighted by Crippen LogP contribution is 2.40. The number of nitrogens with zero attached hydrogens (tertiary/aromatic N) is 1. The van der Waals surface area contributed by atoms with Crippen molar-refractivity contribution in [3.8, 4) is 0 Å². The van der Waals surface area contributed by atoms with Crippen molar-refractivity contribution in [3.05, 3.63) is 28.5 Å². The predicted molar refractivity (Wildman–Crippen MR) is 51.7 cm³/mol. The van der Waals surface area contributed by atoms with Gasteiger partial charge in [-0.3, -0.25) is 0 Å². The zero-order valence-corrected chi connectivity index (χ0v) is 8.25. The first-order valence-electron chi connectivity index (χ1n) is 4.48. The van der Waals surface area contributed by atoms with E-state index in [0.717, 1.165) is 24.0 Å². The van der Waals surface area contributed by atoms with Gasteiger partial charge in [0, 0.05) is 6.20 Å². The normalized spacial score (nSPS) is 18.7. The van der Waals surface area contributed by atoms with E-state index in [2.05, 4.69) is 4.98 Å². The molecule has 0 spiro atoms. The van der Waals surface area contributed by atoms with E-state index < -0.39 is 0 Å². The van der Waals surface area contributed by atoms with Gasteiger partial charge in [0.05, 0.1) is 6.10 Å². The lowest BCUT2D eigenvalue weighted by Crippen LogP contribution is -2.00. The molecule has 0 bridgehead atoms. The maximum Gasteiger partial charge on any atom is 0.131 e. The SMILES string of the molecule is Cc1cc(C(O)C2CC2)cnc1Cl. The summed E-state index contributed by atoms with van der Waals surface area (Å²) < 4.78 is 0. The van der Waals surface area contributed by atoms with Crippen LogP contribution in [0.1, 0.15) is 30.1 Å². The zero-order valence-electron chi connectivity index (χ0n) is 7.50. The van der Waals surface area contributed by atoms with E-state index in [1.54, 1.807) is 6.20 Å². The van der Waals surface area contributed by atoms with Crippen molar-refractivity contribution in [2.24, 2.45) is 5.92 Å². The lowest BCUT2D eigenvalue weighted by molar-refractivity contribution is 0.153. The van der Waals surface area contributed by atoms with Crippen molar-refractivity contribution in [1.29, 1.82) is 0 Å². The summed E-state index contributed by atoms with van der Waals surface area (Å²) in [6.07, 6.45) is 3.58. The minimum Gasteiger partial charge on any atom is -0.388 e. The molecule has 1 aliphatic rings. The molecule has 0 aliphatic heterocycles. The molecule has 1 aliphatic carbocycles. The van der Waals surface area contributed by atoms with Crippen LogP contribution in [0.2, 0.25) is 5.15 Å². The Labute approximate surface area is 82.6 Å². The molecule has 70 valence electrons. The van der Waals surface area contributed by atoms with Crippen LogP contribution < -0.4 is 0 Å². The topological polar surface area (TPSA) is 33.1 Å². The lowest BCUT2D eigenvalue weighted by atomic mass is 10.1. The molecule has 13 heavy (non-hydrogen) atoms. The van der Waals surface area contributed by atoms with Crippen LogP contribution in [0.3, 0.4) is 0 Å². The van der Waals surface area contributed by atoms with Crippen molar-refractivity contribution in [2.75, 3.05) is 0 Å². The summed E-state index contributed by atoms with van der Waals surface area (Å²) in [5.41, 5.74) is 1.82. The first kappa shape index (κ1) is 8.97. The van der Waals surface area contributed by atoms with E-state index in [0.29, 0.717) is 11.1 Å². The maximum absolute atomic E-state index is 9.79. The summed E-state index contributed by atoms with van der Waals surface area (Å²) in [6.45, 7) is 1.90. The minimum atomic E-state index is -0.344. The van der Waals surface area contributed by atoms with Crippen molar-refractivity contribution < 1.29 is 5.11 Å². The van der Waals surface area contributed by atoms with Gasteiger partial charge in [0.15, 0.2) is 0 Å². The minimum absolute atomic E-state index is 0.344. The fourth-order valence-electron chi connectivity index (χ4n) is 1.43. The van der Waals surface area contributed by atoms with E-state index in [9.17, 15) is 5.11 Å². The number of aliphatic hydroxyl groups excluding tert-OH is 1. The number of halogens is 1. The van der Waals surface area contributed by atoms with Crippen LogP contribution in [0, 0.1) is 12.8 Å². The summed E-state index contributed by atoms with van der Waals surface area (Å²) in [5, 5.41) is 10.3. The predicted octanol–water partition coefficient (Wildman–Crippen LogP) is 2.49. The molecule has 1 aromatic rings. The molecule has 0 radical (unpaired) electrons. The highest BCUT2D eigenvalue weighted by molar-refractivity contribution is 6.30. The van der Waals surface area contributed by atoms with Crippen molar-refractivity contribution in [3.63, 3.8) is 0 Å². The molecule has 0 amide bonds. The van der Waals surface area contributed by atoms with E-state index in [-0.39, 0.29) is 6.10 Å². The van der Waals surface area contributed by atoms with E-state index in [4.69, 9.17) is 11.6 Å². The Hall–Kier alpha value is -0.600. The van der Waals surface area contributed by atoms with Crippen LogP contribution in [0.5, 0.6) is 0 Å². The fraction of sp³-hybridized carbons (Fsp3) is 0.500. The molecule has 2 rings (SSSR count). The smallest absolute Gasteiger partial charge is 0.131 e. The van der Waals surface area contributed by atoms with Crippen molar-refractivity contribution in [2.45, 2.75) is 25.9 Å². The van der Waals surface area contributed by atoms with E-state index >= 15 is 0 Å². The largest absolute Gasteiger partial charge is 0.388 e. The van der Waals surface area contributed by atoms with Gasteiger partial charge >= 0.3 is 0 Å². The van der Waals surface area contributed by atoms with E-state index in [1.165, 1.54) is 0 Å². The van der Waals surface area contributed by atoms with Gasteiger partial charge < -0.3 is 5.11 Å². The average Bonchev–Trinajstić information content (AvgIpc) is 2.91. The number of rotatable bonds is 2. The first-order valence-corrected chi connectivity index (χ1v) is 4.86. The molecule has 1 atom stereocenters. The van der Waals surface area contributed by atoms with Gasteiger partial charge in [-0.25, -0.2) is 4.98 Å². The Balaban J connectivity index is 2.24. The molecule has 3 heteroatoms. The molecule has 1 heterocycles. The number of pyridine rings is 1. The van der Waals surface area contributed by atoms with E-state index in [1.807, 2.05) is 13.0 Å². The molecule has 1 N–H and O–H groups in total. The van der Waals surface area contributed by atoms with Gasteiger partial charge in [0.2, 0.25) is 0 Å². The molecule has 2 nitrogen and oxygen atoms in total. The van der Waals surface area contributed by atoms with Crippen LogP contribution in [0.25, 0.3) is 0 Å². The van der Waals surface area contributed by atoms with Gasteiger partial charge in [0.1, 0.15) is 5.15 Å². The van der Waals surface area contributed by atoms with Crippen LogP contribution in [0.15, 0.2) is 12.3 Å². The zero-order chi connectivity index (χ0) is 9.42. The van der Waals surface area contributed by atoms with Gasteiger partial charge in [-0.05, 0) is 42.9 Å². The third-order valence-electron chi connectivity index (χ3n) is 2.45. The van der Waals surface area contributed by atoms with Crippen LogP contribution in [0.4, 0.5) is 0 Å². The van der Waals surface area contributed by atoms with Crippen molar-refractivity contribution >= 4 is 11.6 Å². The van der Waals surface area contributed by atoms with Gasteiger partial charge in [-0.15, -0.1) is 0 Å². The summed E-state index contributed by atoms with van der Waals surface area (Å²) in [7, 11) is 0. The number of hydrogen-bond donors (Lipinski definition) is 1. The number of aliphatic hydroxyl groups is 1. The monoisotopic (exact) mass is 197 g/mol. The lowest BCUT2D eigenvalue weighted by Gasteiger charge is -2.09. The Morgan fingerprint density at radius 2 is 2.31 bits per heavy atom. The second kappa shape index (κ2) is 3.28. The molecule has 0 aromatic carbocycles. The molecule has 1 unspecified atom stereocenters. The average molecular weight is 198 g/mol. The molecule has 1 saturated carbocycles.